The highest BCUT2D eigenvalue weighted by atomic mass is 32.2. The molecule has 0 radical (unpaired) electrons. The highest BCUT2D eigenvalue weighted by Gasteiger charge is 2.41. The van der Waals surface area contributed by atoms with Crippen LogP contribution in [0.15, 0.2) is 11.0 Å². The number of nitrogens with zero attached hydrogens (tertiary/aromatic N) is 1. The Bertz CT molecular complexity index is 586. The molecule has 1 aromatic rings. The first kappa shape index (κ1) is 14.5. The van der Waals surface area contributed by atoms with Gasteiger partial charge in [0, 0.05) is 28.9 Å². The Balaban J connectivity index is 1.88. The fourth-order valence-electron chi connectivity index (χ4n) is 2.53. The van der Waals surface area contributed by atoms with Gasteiger partial charge in [0.25, 0.3) is 0 Å². The standard InChI is InChI=1S/C14H22N2O2S2/c1-10-14(7-13(19-10)8-15-2)20(17,18)16(12-5-6-12)9-11-3-4-11/h7,11-12,15H,3-6,8-9H2,1-2H3. The van der Waals surface area contributed by atoms with Crippen LogP contribution in [0.3, 0.4) is 0 Å². The molecule has 20 heavy (non-hydrogen) atoms. The highest BCUT2D eigenvalue weighted by Crippen LogP contribution is 2.39. The third kappa shape index (κ3) is 2.93. The summed E-state index contributed by atoms with van der Waals surface area (Å²) in [6.45, 7) is 3.37. The third-order valence-electron chi connectivity index (χ3n) is 3.95. The summed E-state index contributed by atoms with van der Waals surface area (Å²) in [6.07, 6.45) is 4.43. The summed E-state index contributed by atoms with van der Waals surface area (Å²) < 4.78 is 27.6. The van der Waals surface area contributed by atoms with Crippen molar-refractivity contribution < 1.29 is 8.42 Å². The van der Waals surface area contributed by atoms with Gasteiger partial charge in [0.2, 0.25) is 10.0 Å². The van der Waals surface area contributed by atoms with Gasteiger partial charge in [0.05, 0.1) is 4.90 Å². The number of hydrogen-bond donors (Lipinski definition) is 1. The second kappa shape index (κ2) is 5.40. The van der Waals surface area contributed by atoms with Crippen molar-refractivity contribution in [1.29, 1.82) is 0 Å². The molecule has 6 heteroatoms. The van der Waals surface area contributed by atoms with E-state index >= 15 is 0 Å². The summed E-state index contributed by atoms with van der Waals surface area (Å²) in [5, 5.41) is 3.08. The molecule has 0 atom stereocenters. The third-order valence-corrected chi connectivity index (χ3v) is 7.17. The molecule has 0 aliphatic heterocycles. The van der Waals surface area contributed by atoms with Crippen LogP contribution < -0.4 is 5.32 Å². The Morgan fingerprint density at radius 2 is 2.05 bits per heavy atom. The molecule has 2 aliphatic rings. The first-order chi connectivity index (χ1) is 9.52. The molecule has 1 aromatic heterocycles. The maximum absolute atomic E-state index is 12.9. The van der Waals surface area contributed by atoms with Crippen LogP contribution in [-0.2, 0) is 16.6 Å². The van der Waals surface area contributed by atoms with Crippen molar-refractivity contribution in [2.45, 2.75) is 50.1 Å². The fourth-order valence-corrected chi connectivity index (χ4v) is 5.91. The topological polar surface area (TPSA) is 49.4 Å². The van der Waals surface area contributed by atoms with Gasteiger partial charge in [-0.15, -0.1) is 11.3 Å². The van der Waals surface area contributed by atoms with Crippen molar-refractivity contribution in [1.82, 2.24) is 9.62 Å². The number of thiophene rings is 1. The maximum Gasteiger partial charge on any atom is 0.244 e. The summed E-state index contributed by atoms with van der Waals surface area (Å²) in [4.78, 5) is 2.53. The van der Waals surface area contributed by atoms with E-state index < -0.39 is 10.0 Å². The fraction of sp³-hybridized carbons (Fsp3) is 0.714. The Hall–Kier alpha value is -0.430. The van der Waals surface area contributed by atoms with Gasteiger partial charge in [-0.2, -0.15) is 4.31 Å². The molecule has 112 valence electrons. The minimum atomic E-state index is -3.31. The largest absolute Gasteiger partial charge is 0.315 e. The average molecular weight is 314 g/mol. The molecule has 0 aromatic carbocycles. The number of nitrogens with one attached hydrogen (secondary N) is 1. The Morgan fingerprint density at radius 1 is 1.35 bits per heavy atom. The maximum atomic E-state index is 12.9. The lowest BCUT2D eigenvalue weighted by atomic mass is 10.4. The number of hydrogen-bond acceptors (Lipinski definition) is 4. The van der Waals surface area contributed by atoms with Gasteiger partial charge in [-0.05, 0) is 51.6 Å². The lowest BCUT2D eigenvalue weighted by Crippen LogP contribution is -2.35. The molecule has 1 heterocycles. The van der Waals surface area contributed by atoms with Crippen LogP contribution in [0.4, 0.5) is 0 Å². The summed E-state index contributed by atoms with van der Waals surface area (Å²) in [7, 11) is -1.42. The van der Waals surface area contributed by atoms with Gasteiger partial charge in [-0.1, -0.05) is 0 Å². The number of aryl methyl sites for hydroxylation is 1. The molecular formula is C14H22N2O2S2. The quantitative estimate of drug-likeness (QED) is 0.840. The summed E-state index contributed by atoms with van der Waals surface area (Å²) in [6, 6.07) is 2.11. The molecule has 0 bridgehead atoms. The summed E-state index contributed by atoms with van der Waals surface area (Å²) in [5.74, 6) is 0.598. The molecule has 0 spiro atoms. The predicted molar refractivity (Wildman–Crippen MR) is 81.5 cm³/mol. The molecule has 2 aliphatic carbocycles. The minimum Gasteiger partial charge on any atom is -0.315 e. The normalized spacial score (nSPS) is 19.8. The van der Waals surface area contributed by atoms with Crippen LogP contribution in [0.25, 0.3) is 0 Å². The van der Waals surface area contributed by atoms with E-state index in [1.54, 1.807) is 15.6 Å². The minimum absolute atomic E-state index is 0.257. The first-order valence-corrected chi connectivity index (χ1v) is 9.53. The molecular weight excluding hydrogens is 292 g/mol. The van der Waals surface area contributed by atoms with E-state index in [4.69, 9.17) is 0 Å². The zero-order chi connectivity index (χ0) is 14.3. The number of rotatable bonds is 7. The van der Waals surface area contributed by atoms with E-state index in [1.165, 1.54) is 12.8 Å². The Kier molecular flexibility index (Phi) is 3.92. The van der Waals surface area contributed by atoms with E-state index in [1.807, 2.05) is 20.0 Å². The second-order valence-electron chi connectivity index (χ2n) is 5.91. The lowest BCUT2D eigenvalue weighted by molar-refractivity contribution is 0.388. The Labute approximate surface area is 125 Å². The first-order valence-electron chi connectivity index (χ1n) is 7.28. The van der Waals surface area contributed by atoms with Crippen LogP contribution >= 0.6 is 11.3 Å². The summed E-state index contributed by atoms with van der Waals surface area (Å²) >= 11 is 1.58. The molecule has 0 saturated heterocycles. The zero-order valence-electron chi connectivity index (χ0n) is 12.1. The van der Waals surface area contributed by atoms with Crippen LogP contribution in [0.2, 0.25) is 0 Å². The van der Waals surface area contributed by atoms with Crippen LogP contribution in [-0.4, -0.2) is 32.4 Å². The summed E-state index contributed by atoms with van der Waals surface area (Å²) in [5.41, 5.74) is 0. The molecule has 4 nitrogen and oxygen atoms in total. The molecule has 1 N–H and O–H groups in total. The highest BCUT2D eigenvalue weighted by molar-refractivity contribution is 7.89. The van der Waals surface area contributed by atoms with E-state index in [0.29, 0.717) is 10.8 Å². The molecule has 3 rings (SSSR count). The van der Waals surface area contributed by atoms with Crippen molar-refractivity contribution in [3.63, 3.8) is 0 Å². The van der Waals surface area contributed by atoms with Gasteiger partial charge in [-0.3, -0.25) is 0 Å². The van der Waals surface area contributed by atoms with Crippen molar-refractivity contribution in [2.75, 3.05) is 13.6 Å². The predicted octanol–water partition coefficient (Wildman–Crippen LogP) is 2.34. The zero-order valence-corrected chi connectivity index (χ0v) is 13.7. The molecule has 0 amide bonds. The van der Waals surface area contributed by atoms with Crippen LogP contribution in [0.1, 0.15) is 35.4 Å². The van der Waals surface area contributed by atoms with Crippen molar-refractivity contribution in [3.8, 4) is 0 Å². The van der Waals surface area contributed by atoms with Crippen LogP contribution in [0.5, 0.6) is 0 Å². The van der Waals surface area contributed by atoms with Gasteiger partial charge in [0.15, 0.2) is 0 Å². The van der Waals surface area contributed by atoms with Crippen molar-refractivity contribution in [2.24, 2.45) is 5.92 Å². The molecule has 0 unspecified atom stereocenters. The Morgan fingerprint density at radius 3 is 2.60 bits per heavy atom. The van der Waals surface area contributed by atoms with Crippen molar-refractivity contribution >= 4 is 21.4 Å². The van der Waals surface area contributed by atoms with Gasteiger partial charge >= 0.3 is 0 Å². The SMILES string of the molecule is CNCc1cc(S(=O)(=O)N(CC2CC2)C2CC2)c(C)s1. The van der Waals surface area contributed by atoms with Crippen LogP contribution in [0, 0.1) is 12.8 Å². The van der Waals surface area contributed by atoms with Crippen molar-refractivity contribution in [3.05, 3.63) is 15.8 Å². The van der Waals surface area contributed by atoms with Gasteiger partial charge < -0.3 is 5.32 Å². The second-order valence-corrected chi connectivity index (χ2v) is 9.11. The van der Waals surface area contributed by atoms with Gasteiger partial charge in [0.1, 0.15) is 0 Å². The van der Waals surface area contributed by atoms with E-state index in [0.717, 1.165) is 35.7 Å². The number of sulfonamides is 1. The lowest BCUT2D eigenvalue weighted by Gasteiger charge is -2.21. The monoisotopic (exact) mass is 314 g/mol. The van der Waals surface area contributed by atoms with E-state index in [-0.39, 0.29) is 6.04 Å². The van der Waals surface area contributed by atoms with Gasteiger partial charge in [-0.25, -0.2) is 8.42 Å². The van der Waals surface area contributed by atoms with E-state index in [9.17, 15) is 8.42 Å². The molecule has 2 saturated carbocycles. The molecule has 2 fully saturated rings. The van der Waals surface area contributed by atoms with E-state index in [2.05, 4.69) is 5.32 Å². The smallest absolute Gasteiger partial charge is 0.244 e. The average Bonchev–Trinajstić information content (AvgIpc) is 3.27.